The van der Waals surface area contributed by atoms with E-state index < -0.39 is 12.0 Å². The Hall–Kier alpha value is -2.26. The molecule has 1 aliphatic carbocycles. The summed E-state index contributed by atoms with van der Waals surface area (Å²) in [6, 6.07) is 5.87. The Morgan fingerprint density at radius 1 is 1.50 bits per heavy atom. The average Bonchev–Trinajstić information content (AvgIpc) is 3.20. The van der Waals surface area contributed by atoms with Crippen molar-refractivity contribution in [3.05, 3.63) is 28.8 Å². The van der Waals surface area contributed by atoms with Crippen LogP contribution in [0.15, 0.2) is 18.2 Å². The van der Waals surface area contributed by atoms with E-state index in [-0.39, 0.29) is 23.8 Å². The summed E-state index contributed by atoms with van der Waals surface area (Å²) in [6.45, 7) is -0.362. The van der Waals surface area contributed by atoms with Gasteiger partial charge in [-0.15, -0.1) is 0 Å². The number of nitriles is 1. The monoisotopic (exact) mass is 293 g/mol. The van der Waals surface area contributed by atoms with E-state index in [1.165, 1.54) is 17.0 Å². The third kappa shape index (κ3) is 3.39. The molecule has 1 aromatic rings. The van der Waals surface area contributed by atoms with Gasteiger partial charge in [-0.3, -0.25) is 4.79 Å². The second kappa shape index (κ2) is 5.80. The number of amides is 2. The molecule has 1 aliphatic rings. The summed E-state index contributed by atoms with van der Waals surface area (Å²) in [5.74, 6) is -1.07. The van der Waals surface area contributed by atoms with Gasteiger partial charge < -0.3 is 15.3 Å². The van der Waals surface area contributed by atoms with Gasteiger partial charge in [-0.2, -0.15) is 5.26 Å². The van der Waals surface area contributed by atoms with Crippen LogP contribution in [0.3, 0.4) is 0 Å². The highest BCUT2D eigenvalue weighted by Crippen LogP contribution is 2.28. The topological polar surface area (TPSA) is 93.4 Å². The van der Waals surface area contributed by atoms with E-state index in [0.717, 1.165) is 12.8 Å². The number of nitrogens with one attached hydrogen (secondary N) is 1. The number of carboxylic acids is 1. The number of benzene rings is 1. The Balaban J connectivity index is 2.15. The van der Waals surface area contributed by atoms with Crippen LogP contribution in [0.2, 0.25) is 5.02 Å². The van der Waals surface area contributed by atoms with Crippen LogP contribution in [0.5, 0.6) is 0 Å². The van der Waals surface area contributed by atoms with Crippen molar-refractivity contribution >= 4 is 29.3 Å². The van der Waals surface area contributed by atoms with Crippen molar-refractivity contribution in [2.24, 2.45) is 0 Å². The summed E-state index contributed by atoms with van der Waals surface area (Å²) in [5.41, 5.74) is 0.551. The Morgan fingerprint density at radius 3 is 2.75 bits per heavy atom. The summed E-state index contributed by atoms with van der Waals surface area (Å²) in [7, 11) is 0. The van der Waals surface area contributed by atoms with Crippen molar-refractivity contribution in [2.75, 3.05) is 11.9 Å². The lowest BCUT2D eigenvalue weighted by Gasteiger charge is -2.21. The molecule has 6 nitrogen and oxygen atoms in total. The van der Waals surface area contributed by atoms with Crippen LogP contribution in [0.25, 0.3) is 0 Å². The van der Waals surface area contributed by atoms with Gasteiger partial charge in [-0.1, -0.05) is 11.6 Å². The van der Waals surface area contributed by atoms with Crippen molar-refractivity contribution in [3.8, 4) is 6.07 Å². The van der Waals surface area contributed by atoms with Gasteiger partial charge in [0.25, 0.3) is 0 Å². The van der Waals surface area contributed by atoms with Gasteiger partial charge in [0.05, 0.1) is 11.3 Å². The van der Waals surface area contributed by atoms with Crippen LogP contribution in [0, 0.1) is 11.3 Å². The van der Waals surface area contributed by atoms with Crippen molar-refractivity contribution in [1.29, 1.82) is 5.26 Å². The van der Waals surface area contributed by atoms with Gasteiger partial charge in [0.15, 0.2) is 0 Å². The second-order valence-electron chi connectivity index (χ2n) is 4.48. The maximum absolute atomic E-state index is 12.1. The van der Waals surface area contributed by atoms with Crippen LogP contribution >= 0.6 is 11.6 Å². The van der Waals surface area contributed by atoms with E-state index >= 15 is 0 Å². The maximum Gasteiger partial charge on any atom is 0.323 e. The maximum atomic E-state index is 12.1. The molecule has 2 rings (SSSR count). The number of carbonyl (C=O) groups excluding carboxylic acids is 1. The lowest BCUT2D eigenvalue weighted by atomic mass is 10.2. The lowest BCUT2D eigenvalue weighted by molar-refractivity contribution is -0.137. The van der Waals surface area contributed by atoms with Crippen molar-refractivity contribution in [2.45, 2.75) is 18.9 Å². The average molecular weight is 294 g/mol. The molecule has 7 heteroatoms. The quantitative estimate of drug-likeness (QED) is 0.890. The number of hydrogen-bond donors (Lipinski definition) is 2. The van der Waals surface area contributed by atoms with Crippen LogP contribution in [-0.4, -0.2) is 34.6 Å². The van der Waals surface area contributed by atoms with Crippen molar-refractivity contribution in [3.63, 3.8) is 0 Å². The Morgan fingerprint density at radius 2 is 2.20 bits per heavy atom. The molecule has 0 atom stereocenters. The molecule has 2 amide bonds. The Labute approximate surface area is 120 Å². The van der Waals surface area contributed by atoms with Gasteiger partial charge in [-0.25, -0.2) is 4.79 Å². The van der Waals surface area contributed by atoms with Crippen LogP contribution in [0.4, 0.5) is 10.5 Å². The molecule has 0 bridgehead atoms. The first-order valence-corrected chi connectivity index (χ1v) is 6.38. The van der Waals surface area contributed by atoms with E-state index in [1.54, 1.807) is 6.07 Å². The molecule has 104 valence electrons. The standard InChI is InChI=1S/C13H12ClN3O3/c14-9-2-1-8(6-15)11(5-9)16-13(20)17(7-12(18)19)10-3-4-10/h1-2,5,10H,3-4,7H2,(H,16,20)(H,18,19). The minimum absolute atomic E-state index is 0.0455. The number of carboxylic acid groups (broad SMARTS) is 1. The summed E-state index contributed by atoms with van der Waals surface area (Å²) in [5, 5.41) is 20.7. The number of aliphatic carboxylic acids is 1. The normalized spacial score (nSPS) is 13.4. The molecule has 0 radical (unpaired) electrons. The first-order chi connectivity index (χ1) is 9.51. The van der Waals surface area contributed by atoms with Crippen LogP contribution < -0.4 is 5.32 Å². The molecule has 0 saturated heterocycles. The third-order valence-corrected chi connectivity index (χ3v) is 3.13. The molecule has 20 heavy (non-hydrogen) atoms. The number of anilines is 1. The highest BCUT2D eigenvalue weighted by molar-refractivity contribution is 6.31. The molecule has 0 aromatic heterocycles. The van der Waals surface area contributed by atoms with Crippen molar-refractivity contribution < 1.29 is 14.7 Å². The van der Waals surface area contributed by atoms with E-state index in [0.29, 0.717) is 5.02 Å². The molecule has 1 saturated carbocycles. The van der Waals surface area contributed by atoms with E-state index in [4.69, 9.17) is 22.0 Å². The fourth-order valence-corrected chi connectivity index (χ4v) is 1.98. The van der Waals surface area contributed by atoms with E-state index in [9.17, 15) is 9.59 Å². The zero-order chi connectivity index (χ0) is 14.7. The Bertz CT molecular complexity index is 593. The predicted molar refractivity (Wildman–Crippen MR) is 72.5 cm³/mol. The van der Waals surface area contributed by atoms with Gasteiger partial charge in [0.1, 0.15) is 12.6 Å². The third-order valence-electron chi connectivity index (χ3n) is 2.90. The molecule has 2 N–H and O–H groups in total. The summed E-state index contributed by atoms with van der Waals surface area (Å²) >= 11 is 5.83. The van der Waals surface area contributed by atoms with E-state index in [2.05, 4.69) is 5.32 Å². The first kappa shape index (κ1) is 14.2. The van der Waals surface area contributed by atoms with Gasteiger partial charge in [0, 0.05) is 11.1 Å². The largest absolute Gasteiger partial charge is 0.480 e. The molecule has 1 fully saturated rings. The first-order valence-electron chi connectivity index (χ1n) is 6.00. The summed E-state index contributed by atoms with van der Waals surface area (Å²) < 4.78 is 0. The highest BCUT2D eigenvalue weighted by Gasteiger charge is 2.34. The lowest BCUT2D eigenvalue weighted by Crippen LogP contribution is -2.40. The molecular weight excluding hydrogens is 282 g/mol. The zero-order valence-corrected chi connectivity index (χ0v) is 11.2. The molecule has 0 unspecified atom stereocenters. The predicted octanol–water partition coefficient (Wildman–Crippen LogP) is 2.29. The van der Waals surface area contributed by atoms with Gasteiger partial charge in [0.2, 0.25) is 0 Å². The SMILES string of the molecule is N#Cc1ccc(Cl)cc1NC(=O)N(CC(=O)O)C1CC1. The molecular formula is C13H12ClN3O3. The van der Waals surface area contributed by atoms with Crippen molar-refractivity contribution in [1.82, 2.24) is 4.90 Å². The van der Waals surface area contributed by atoms with Crippen LogP contribution in [-0.2, 0) is 4.79 Å². The number of hydrogen-bond acceptors (Lipinski definition) is 3. The smallest absolute Gasteiger partial charge is 0.323 e. The molecule has 0 heterocycles. The second-order valence-corrected chi connectivity index (χ2v) is 4.92. The number of urea groups is 1. The summed E-state index contributed by atoms with van der Waals surface area (Å²) in [4.78, 5) is 24.1. The number of halogens is 1. The minimum Gasteiger partial charge on any atom is -0.480 e. The fraction of sp³-hybridized carbons (Fsp3) is 0.308. The van der Waals surface area contributed by atoms with Gasteiger partial charge >= 0.3 is 12.0 Å². The molecule has 1 aromatic carbocycles. The number of carbonyl (C=O) groups is 2. The summed E-state index contributed by atoms with van der Waals surface area (Å²) in [6.07, 6.45) is 1.59. The van der Waals surface area contributed by atoms with E-state index in [1.807, 2.05) is 6.07 Å². The minimum atomic E-state index is -1.07. The fourth-order valence-electron chi connectivity index (χ4n) is 1.80. The van der Waals surface area contributed by atoms with Gasteiger partial charge in [-0.05, 0) is 31.0 Å². The van der Waals surface area contributed by atoms with Crippen LogP contribution in [0.1, 0.15) is 18.4 Å². The molecule has 0 spiro atoms. The number of rotatable bonds is 4. The highest BCUT2D eigenvalue weighted by atomic mass is 35.5. The Kier molecular flexibility index (Phi) is 4.11. The zero-order valence-electron chi connectivity index (χ0n) is 10.5. The number of nitrogens with zero attached hydrogens (tertiary/aromatic N) is 2. The molecule has 0 aliphatic heterocycles.